The Balaban J connectivity index is 1.53. The van der Waals surface area contributed by atoms with Crippen LogP contribution < -0.4 is 10.2 Å². The van der Waals surface area contributed by atoms with E-state index in [-0.39, 0.29) is 0 Å². The summed E-state index contributed by atoms with van der Waals surface area (Å²) >= 11 is 1.68. The molecule has 1 aliphatic heterocycles. The van der Waals surface area contributed by atoms with Gasteiger partial charge in [-0.3, -0.25) is 4.57 Å². The van der Waals surface area contributed by atoms with Crippen LogP contribution in [0.2, 0.25) is 0 Å². The zero-order valence-electron chi connectivity index (χ0n) is 14.9. The maximum Gasteiger partial charge on any atom is 0.238 e. The van der Waals surface area contributed by atoms with Gasteiger partial charge in [0.05, 0.1) is 5.39 Å². The summed E-state index contributed by atoms with van der Waals surface area (Å²) < 4.78 is 1.82. The van der Waals surface area contributed by atoms with Crippen LogP contribution in [-0.4, -0.2) is 19.5 Å². The number of thiophene rings is 1. The van der Waals surface area contributed by atoms with Crippen molar-refractivity contribution in [2.24, 2.45) is 0 Å². The van der Waals surface area contributed by atoms with Gasteiger partial charge in [-0.2, -0.15) is 9.87 Å². The number of imidazole rings is 1. The molecule has 0 spiro atoms. The van der Waals surface area contributed by atoms with Crippen LogP contribution >= 0.6 is 11.3 Å². The maximum absolute atomic E-state index is 5.19. The van der Waals surface area contributed by atoms with E-state index >= 15 is 0 Å². The van der Waals surface area contributed by atoms with E-state index in [1.165, 1.54) is 10.4 Å². The topological polar surface area (TPSA) is 74.1 Å². The van der Waals surface area contributed by atoms with Crippen LogP contribution in [0.25, 0.3) is 16.2 Å². The summed E-state index contributed by atoms with van der Waals surface area (Å²) in [7, 11) is 0. The summed E-state index contributed by atoms with van der Waals surface area (Å²) in [5.41, 5.74) is 3.37. The molecular weight excluding hydrogens is 362 g/mol. The lowest BCUT2D eigenvalue weighted by Gasteiger charge is -2.10. The minimum absolute atomic E-state index is 0.497. The molecule has 1 N–H and O–H groups in total. The second-order valence-electron chi connectivity index (χ2n) is 6.45. The number of aromatic nitrogens is 4. The van der Waals surface area contributed by atoms with Crippen LogP contribution in [0, 0.1) is 13.8 Å². The van der Waals surface area contributed by atoms with Crippen molar-refractivity contribution in [2.45, 2.75) is 27.0 Å². The average Bonchev–Trinajstić information content (AvgIpc) is 3.40. The smallest absolute Gasteiger partial charge is 0.238 e. The first kappa shape index (κ1) is 16.2. The zero-order valence-corrected chi connectivity index (χ0v) is 15.7. The molecule has 4 aromatic rings. The SMILES string of the molecule is Cc1sc2nc(-n3ccnc3)nc(NCc3ccc4c(c3)OOC4)c2c1C. The van der Waals surface area contributed by atoms with Gasteiger partial charge < -0.3 is 10.2 Å². The van der Waals surface area contributed by atoms with Crippen molar-refractivity contribution in [2.75, 3.05) is 5.32 Å². The third kappa shape index (κ3) is 2.83. The van der Waals surface area contributed by atoms with Gasteiger partial charge in [0, 0.05) is 29.4 Å². The maximum atomic E-state index is 5.19. The van der Waals surface area contributed by atoms with Crippen LogP contribution in [0.1, 0.15) is 21.6 Å². The number of benzene rings is 1. The Hall–Kier alpha value is -2.97. The molecular formula is C19H17N5O2S. The second-order valence-corrected chi connectivity index (χ2v) is 7.65. The first-order chi connectivity index (χ1) is 13.2. The molecule has 0 bridgehead atoms. The van der Waals surface area contributed by atoms with Crippen molar-refractivity contribution in [1.29, 1.82) is 0 Å². The third-order valence-corrected chi connectivity index (χ3v) is 5.81. The van der Waals surface area contributed by atoms with Gasteiger partial charge in [0.15, 0.2) is 5.75 Å². The molecule has 1 aliphatic rings. The Morgan fingerprint density at radius 2 is 2.19 bits per heavy atom. The molecule has 27 heavy (non-hydrogen) atoms. The van der Waals surface area contributed by atoms with Gasteiger partial charge in [0.25, 0.3) is 0 Å². The fraction of sp³-hybridized carbons (Fsp3) is 0.211. The average molecular weight is 379 g/mol. The fourth-order valence-electron chi connectivity index (χ4n) is 3.11. The molecule has 0 fully saturated rings. The highest BCUT2D eigenvalue weighted by atomic mass is 32.1. The first-order valence-corrected chi connectivity index (χ1v) is 9.42. The summed E-state index contributed by atoms with van der Waals surface area (Å²) in [5.74, 6) is 2.21. The van der Waals surface area contributed by atoms with E-state index in [9.17, 15) is 0 Å². The summed E-state index contributed by atoms with van der Waals surface area (Å²) in [5, 5.41) is 4.55. The zero-order chi connectivity index (χ0) is 18.4. The molecule has 0 saturated carbocycles. The van der Waals surface area contributed by atoms with Crippen LogP contribution in [0.5, 0.6) is 5.75 Å². The predicted octanol–water partition coefficient (Wildman–Crippen LogP) is 3.93. The van der Waals surface area contributed by atoms with E-state index in [1.807, 2.05) is 22.9 Å². The predicted molar refractivity (Wildman–Crippen MR) is 103 cm³/mol. The van der Waals surface area contributed by atoms with E-state index < -0.39 is 0 Å². The number of hydrogen-bond acceptors (Lipinski definition) is 7. The normalized spacial score (nSPS) is 13.0. The Labute approximate surface area is 159 Å². The summed E-state index contributed by atoms with van der Waals surface area (Å²) in [6, 6.07) is 6.10. The lowest BCUT2D eigenvalue weighted by molar-refractivity contribution is -0.194. The molecule has 0 aliphatic carbocycles. The van der Waals surface area contributed by atoms with Crippen LogP contribution in [0.3, 0.4) is 0 Å². The molecule has 0 atom stereocenters. The Morgan fingerprint density at radius 3 is 3.04 bits per heavy atom. The minimum Gasteiger partial charge on any atom is -0.365 e. The number of anilines is 1. The molecule has 4 heterocycles. The largest absolute Gasteiger partial charge is 0.365 e. The van der Waals surface area contributed by atoms with Crippen molar-refractivity contribution in [3.05, 3.63) is 58.5 Å². The standard InChI is InChI=1S/C19H17N5O2S/c1-11-12(2)27-18-16(11)17(22-19(23-18)24-6-5-20-10-24)21-8-13-3-4-14-9-25-26-15(14)7-13/h3-7,10H,8-9H2,1-2H3,(H,21,22,23). The van der Waals surface area contributed by atoms with Gasteiger partial charge in [-0.1, -0.05) is 12.1 Å². The van der Waals surface area contributed by atoms with Crippen molar-refractivity contribution in [3.63, 3.8) is 0 Å². The molecule has 0 radical (unpaired) electrons. The van der Waals surface area contributed by atoms with Gasteiger partial charge in [-0.25, -0.2) is 9.97 Å². The Morgan fingerprint density at radius 1 is 1.26 bits per heavy atom. The van der Waals surface area contributed by atoms with Crippen LogP contribution in [-0.2, 0) is 18.0 Å². The highest BCUT2D eigenvalue weighted by molar-refractivity contribution is 7.18. The fourth-order valence-corrected chi connectivity index (χ4v) is 4.13. The Kier molecular flexibility index (Phi) is 3.80. The monoisotopic (exact) mass is 379 g/mol. The van der Waals surface area contributed by atoms with E-state index in [0.29, 0.717) is 19.1 Å². The number of rotatable bonds is 4. The number of nitrogens with one attached hydrogen (secondary N) is 1. The summed E-state index contributed by atoms with van der Waals surface area (Å²) in [4.78, 5) is 26.0. The lowest BCUT2D eigenvalue weighted by atomic mass is 10.1. The quantitative estimate of drug-likeness (QED) is 0.542. The molecule has 5 rings (SSSR count). The van der Waals surface area contributed by atoms with Crippen LogP contribution in [0.4, 0.5) is 5.82 Å². The molecule has 8 heteroatoms. The number of nitrogens with zero attached hydrogens (tertiary/aromatic N) is 4. The van der Waals surface area contributed by atoms with E-state index in [0.717, 1.165) is 32.9 Å². The highest BCUT2D eigenvalue weighted by Crippen LogP contribution is 2.34. The van der Waals surface area contributed by atoms with Gasteiger partial charge in [-0.05, 0) is 31.0 Å². The number of fused-ring (bicyclic) bond motifs is 2. The Bertz CT molecular complexity index is 1140. The molecule has 7 nitrogen and oxygen atoms in total. The van der Waals surface area contributed by atoms with Gasteiger partial charge >= 0.3 is 0 Å². The minimum atomic E-state index is 0.497. The molecule has 1 aromatic carbocycles. The molecule has 0 amide bonds. The van der Waals surface area contributed by atoms with Crippen molar-refractivity contribution < 1.29 is 9.78 Å². The van der Waals surface area contributed by atoms with E-state index in [4.69, 9.17) is 19.7 Å². The van der Waals surface area contributed by atoms with Crippen LogP contribution in [0.15, 0.2) is 36.9 Å². The number of hydrogen-bond donors (Lipinski definition) is 1. The summed E-state index contributed by atoms with van der Waals surface area (Å²) in [6.45, 7) is 5.35. The van der Waals surface area contributed by atoms with Crippen molar-refractivity contribution in [3.8, 4) is 11.7 Å². The second kappa shape index (κ2) is 6.33. The highest BCUT2D eigenvalue weighted by Gasteiger charge is 2.17. The van der Waals surface area contributed by atoms with E-state index in [2.05, 4.69) is 30.2 Å². The first-order valence-electron chi connectivity index (χ1n) is 8.60. The van der Waals surface area contributed by atoms with Gasteiger partial charge in [-0.15, -0.1) is 11.3 Å². The molecule has 3 aromatic heterocycles. The van der Waals surface area contributed by atoms with Gasteiger partial charge in [0.1, 0.15) is 23.6 Å². The summed E-state index contributed by atoms with van der Waals surface area (Å²) in [6.07, 6.45) is 5.27. The van der Waals surface area contributed by atoms with E-state index in [1.54, 1.807) is 23.9 Å². The van der Waals surface area contributed by atoms with Crippen molar-refractivity contribution >= 4 is 27.4 Å². The molecule has 0 unspecified atom stereocenters. The lowest BCUT2D eigenvalue weighted by Crippen LogP contribution is -2.06. The van der Waals surface area contributed by atoms with Gasteiger partial charge in [0.2, 0.25) is 5.95 Å². The third-order valence-electron chi connectivity index (χ3n) is 4.71. The number of aryl methyl sites for hydroxylation is 2. The molecule has 136 valence electrons. The van der Waals surface area contributed by atoms with Crippen molar-refractivity contribution in [1.82, 2.24) is 19.5 Å². The molecule has 0 saturated heterocycles.